The zero-order valence-corrected chi connectivity index (χ0v) is 7.80. The molecule has 5 atom stereocenters. The first-order valence-corrected chi connectivity index (χ1v) is 4.89. The molecule has 0 amide bonds. The van der Waals surface area contributed by atoms with E-state index in [9.17, 15) is 15.3 Å². The van der Waals surface area contributed by atoms with E-state index in [4.69, 9.17) is 0 Å². The lowest BCUT2D eigenvalue weighted by molar-refractivity contribution is -0.0519. The van der Waals surface area contributed by atoms with E-state index in [1.54, 1.807) is 0 Å². The van der Waals surface area contributed by atoms with Crippen LogP contribution in [0.3, 0.4) is 0 Å². The molecule has 0 aromatic carbocycles. The van der Waals surface area contributed by atoms with Crippen molar-refractivity contribution in [2.75, 3.05) is 13.1 Å². The summed E-state index contributed by atoms with van der Waals surface area (Å²) in [6.45, 7) is 3.35. The van der Waals surface area contributed by atoms with E-state index < -0.39 is 18.3 Å². The van der Waals surface area contributed by atoms with Crippen molar-refractivity contribution in [2.24, 2.45) is 5.92 Å². The Kier molecular flexibility index (Phi) is 2.32. The van der Waals surface area contributed by atoms with Crippen molar-refractivity contribution >= 4 is 0 Å². The maximum absolute atomic E-state index is 9.82. The summed E-state index contributed by atoms with van der Waals surface area (Å²) in [6.07, 6.45) is -1.03. The summed E-state index contributed by atoms with van der Waals surface area (Å²) >= 11 is 0. The Morgan fingerprint density at radius 3 is 2.54 bits per heavy atom. The first-order valence-electron chi connectivity index (χ1n) is 4.89. The number of piperidine rings is 1. The molecule has 2 fully saturated rings. The second-order valence-corrected chi connectivity index (χ2v) is 4.30. The Morgan fingerprint density at radius 1 is 1.15 bits per heavy atom. The second kappa shape index (κ2) is 3.20. The van der Waals surface area contributed by atoms with Gasteiger partial charge in [-0.1, -0.05) is 6.92 Å². The van der Waals surface area contributed by atoms with Crippen molar-refractivity contribution in [1.29, 1.82) is 0 Å². The first-order chi connectivity index (χ1) is 6.11. The van der Waals surface area contributed by atoms with E-state index in [1.165, 1.54) is 0 Å². The Labute approximate surface area is 77.8 Å². The van der Waals surface area contributed by atoms with Crippen LogP contribution in [0.1, 0.15) is 13.3 Å². The number of fused-ring (bicyclic) bond motifs is 1. The second-order valence-electron chi connectivity index (χ2n) is 4.30. The third-order valence-corrected chi connectivity index (χ3v) is 3.39. The Morgan fingerprint density at radius 2 is 1.85 bits per heavy atom. The van der Waals surface area contributed by atoms with Crippen LogP contribution in [0.15, 0.2) is 0 Å². The fourth-order valence-corrected chi connectivity index (χ4v) is 2.45. The van der Waals surface area contributed by atoms with Crippen molar-refractivity contribution in [3.8, 4) is 0 Å². The predicted octanol–water partition coefficient (Wildman–Crippen LogP) is -1.21. The zero-order chi connectivity index (χ0) is 9.59. The van der Waals surface area contributed by atoms with Crippen LogP contribution in [0.2, 0.25) is 0 Å². The monoisotopic (exact) mass is 187 g/mol. The Balaban J connectivity index is 2.14. The van der Waals surface area contributed by atoms with Gasteiger partial charge in [0.25, 0.3) is 0 Å². The third-order valence-electron chi connectivity index (χ3n) is 3.39. The quantitative estimate of drug-likeness (QED) is 0.445. The molecule has 13 heavy (non-hydrogen) atoms. The molecule has 2 heterocycles. The molecule has 0 saturated carbocycles. The van der Waals surface area contributed by atoms with E-state index in [1.807, 2.05) is 11.8 Å². The van der Waals surface area contributed by atoms with E-state index in [-0.39, 0.29) is 12.0 Å². The fraction of sp³-hybridized carbons (Fsp3) is 1.00. The molecule has 2 aliphatic heterocycles. The van der Waals surface area contributed by atoms with Gasteiger partial charge in [0.2, 0.25) is 0 Å². The highest BCUT2D eigenvalue weighted by molar-refractivity contribution is 5.01. The van der Waals surface area contributed by atoms with E-state index >= 15 is 0 Å². The molecule has 0 spiro atoms. The molecule has 2 rings (SSSR count). The normalized spacial score (nSPS) is 52.2. The molecular weight excluding hydrogens is 170 g/mol. The van der Waals surface area contributed by atoms with Gasteiger partial charge >= 0.3 is 0 Å². The van der Waals surface area contributed by atoms with Gasteiger partial charge in [-0.3, -0.25) is 4.90 Å². The molecule has 5 unspecified atom stereocenters. The minimum Gasteiger partial charge on any atom is -0.391 e. The lowest BCUT2D eigenvalue weighted by Crippen LogP contribution is -2.52. The molecular formula is C9H17NO3. The van der Waals surface area contributed by atoms with Gasteiger partial charge in [0.15, 0.2) is 0 Å². The van der Waals surface area contributed by atoms with Crippen LogP contribution >= 0.6 is 0 Å². The summed E-state index contributed by atoms with van der Waals surface area (Å²) in [7, 11) is 0. The molecule has 4 nitrogen and oxygen atoms in total. The summed E-state index contributed by atoms with van der Waals surface area (Å²) in [5.41, 5.74) is 0. The van der Waals surface area contributed by atoms with Crippen LogP contribution in [0.5, 0.6) is 0 Å². The molecule has 0 radical (unpaired) electrons. The Hall–Kier alpha value is -0.160. The summed E-state index contributed by atoms with van der Waals surface area (Å²) in [5, 5.41) is 28.9. The van der Waals surface area contributed by atoms with Gasteiger partial charge in [-0.25, -0.2) is 0 Å². The average Bonchev–Trinajstić information content (AvgIpc) is 2.37. The predicted molar refractivity (Wildman–Crippen MR) is 47.2 cm³/mol. The van der Waals surface area contributed by atoms with E-state index in [0.717, 1.165) is 13.0 Å². The molecule has 0 aromatic heterocycles. The summed E-state index contributed by atoms with van der Waals surface area (Å²) in [5.74, 6) is 0.223. The van der Waals surface area contributed by atoms with Crippen molar-refractivity contribution in [3.63, 3.8) is 0 Å². The van der Waals surface area contributed by atoms with Crippen molar-refractivity contribution < 1.29 is 15.3 Å². The van der Waals surface area contributed by atoms with Gasteiger partial charge in [0, 0.05) is 6.54 Å². The maximum Gasteiger partial charge on any atom is 0.0991 e. The maximum atomic E-state index is 9.82. The summed E-state index contributed by atoms with van der Waals surface area (Å²) in [6, 6.07) is -0.251. The van der Waals surface area contributed by atoms with Gasteiger partial charge in [-0.15, -0.1) is 0 Å². The molecule has 2 saturated heterocycles. The SMILES string of the molecule is CC1CCN2CC(O)C(O)C2C1O. The van der Waals surface area contributed by atoms with Crippen LogP contribution in [0, 0.1) is 5.92 Å². The zero-order valence-electron chi connectivity index (χ0n) is 7.80. The van der Waals surface area contributed by atoms with Gasteiger partial charge in [0.05, 0.1) is 24.4 Å². The number of nitrogens with zero attached hydrogens (tertiary/aromatic N) is 1. The largest absolute Gasteiger partial charge is 0.391 e. The minimum absolute atomic E-state index is 0.223. The van der Waals surface area contributed by atoms with E-state index in [0.29, 0.717) is 6.54 Å². The van der Waals surface area contributed by atoms with Gasteiger partial charge < -0.3 is 15.3 Å². The molecule has 0 aliphatic carbocycles. The van der Waals surface area contributed by atoms with Crippen LogP contribution < -0.4 is 0 Å². The molecule has 0 aromatic rings. The topological polar surface area (TPSA) is 63.9 Å². The van der Waals surface area contributed by atoms with Crippen LogP contribution in [-0.4, -0.2) is 57.7 Å². The number of hydrogen-bond acceptors (Lipinski definition) is 4. The van der Waals surface area contributed by atoms with Crippen LogP contribution in [0.25, 0.3) is 0 Å². The summed E-state index contributed by atoms with van der Waals surface area (Å²) in [4.78, 5) is 1.99. The highest BCUT2D eigenvalue weighted by Gasteiger charge is 2.47. The smallest absolute Gasteiger partial charge is 0.0991 e. The third kappa shape index (κ3) is 1.38. The molecule has 76 valence electrons. The van der Waals surface area contributed by atoms with Gasteiger partial charge in [-0.05, 0) is 18.9 Å². The lowest BCUT2D eigenvalue weighted by atomic mass is 9.88. The first kappa shape index (κ1) is 9.40. The summed E-state index contributed by atoms with van der Waals surface area (Å²) < 4.78 is 0. The van der Waals surface area contributed by atoms with E-state index in [2.05, 4.69) is 0 Å². The molecule has 3 N–H and O–H groups in total. The Bertz CT molecular complexity index is 197. The number of hydrogen-bond donors (Lipinski definition) is 3. The minimum atomic E-state index is -0.780. The molecule has 2 aliphatic rings. The lowest BCUT2D eigenvalue weighted by Gasteiger charge is -2.38. The number of aliphatic hydroxyl groups is 3. The highest BCUT2D eigenvalue weighted by atomic mass is 16.3. The molecule has 0 bridgehead atoms. The standard InChI is InChI=1S/C9H17NO3/c1-5-2-3-10-4-6(11)9(13)7(10)8(5)12/h5-9,11-13H,2-4H2,1H3. The average molecular weight is 187 g/mol. The fourth-order valence-electron chi connectivity index (χ4n) is 2.45. The van der Waals surface area contributed by atoms with Crippen LogP contribution in [-0.2, 0) is 0 Å². The van der Waals surface area contributed by atoms with Crippen LogP contribution in [0.4, 0.5) is 0 Å². The van der Waals surface area contributed by atoms with Gasteiger partial charge in [0.1, 0.15) is 0 Å². The van der Waals surface area contributed by atoms with Crippen molar-refractivity contribution in [2.45, 2.75) is 37.7 Å². The highest BCUT2D eigenvalue weighted by Crippen LogP contribution is 2.30. The molecule has 4 heteroatoms. The number of rotatable bonds is 0. The van der Waals surface area contributed by atoms with Crippen molar-refractivity contribution in [1.82, 2.24) is 4.90 Å². The van der Waals surface area contributed by atoms with Crippen molar-refractivity contribution in [3.05, 3.63) is 0 Å². The van der Waals surface area contributed by atoms with Gasteiger partial charge in [-0.2, -0.15) is 0 Å². The number of aliphatic hydroxyl groups excluding tert-OH is 3.